The Hall–Kier alpha value is -1.05. The molecule has 0 rings (SSSR count). The Bertz CT molecular complexity index is 304. The molecule has 0 aromatic heterocycles. The van der Waals surface area contributed by atoms with Crippen molar-refractivity contribution in [1.82, 2.24) is 0 Å². The van der Waals surface area contributed by atoms with E-state index in [0.717, 1.165) is 12.8 Å². The van der Waals surface area contributed by atoms with Gasteiger partial charge in [0.1, 0.15) is 0 Å². The van der Waals surface area contributed by atoms with Crippen LogP contribution in [0.2, 0.25) is 0 Å². The second-order valence-electron chi connectivity index (χ2n) is 5.65. The fourth-order valence-corrected chi connectivity index (χ4v) is 2.19. The zero-order chi connectivity index (χ0) is 15.8. The molecule has 0 aromatic rings. The summed E-state index contributed by atoms with van der Waals surface area (Å²) in [5.74, 6) is -0.762. The van der Waals surface area contributed by atoms with E-state index in [9.17, 15) is 9.90 Å². The average molecular weight is 296 g/mol. The highest BCUT2D eigenvalue weighted by Crippen LogP contribution is 2.10. The Labute approximate surface area is 129 Å². The van der Waals surface area contributed by atoms with E-state index in [0.29, 0.717) is 12.8 Å². The number of carboxylic acids is 1. The lowest BCUT2D eigenvalue weighted by molar-refractivity contribution is -0.137. The van der Waals surface area contributed by atoms with Crippen LogP contribution in [0.4, 0.5) is 0 Å². The van der Waals surface area contributed by atoms with Crippen LogP contribution in [0.1, 0.15) is 84.0 Å². The molecule has 122 valence electrons. The molecule has 0 saturated heterocycles. The quantitative estimate of drug-likeness (QED) is 0.356. The summed E-state index contributed by atoms with van der Waals surface area (Å²) in [5, 5.41) is 18.2. The average Bonchev–Trinajstić information content (AvgIpc) is 2.45. The molecular weight excluding hydrogens is 264 g/mol. The summed E-state index contributed by atoms with van der Waals surface area (Å²) in [5.41, 5.74) is 2.94. The number of unbranched alkanes of at least 4 members (excludes halogenated alkanes) is 8. The van der Waals surface area contributed by atoms with E-state index >= 15 is 0 Å². The topological polar surface area (TPSA) is 57.5 Å². The molecule has 0 heterocycles. The molecule has 0 fully saturated rings. The first-order valence-electron chi connectivity index (χ1n) is 8.47. The van der Waals surface area contributed by atoms with Crippen LogP contribution in [-0.4, -0.2) is 22.3 Å². The van der Waals surface area contributed by atoms with Crippen LogP contribution in [0, 0.1) is 0 Å². The van der Waals surface area contributed by atoms with Crippen molar-refractivity contribution < 1.29 is 15.0 Å². The molecule has 1 atom stereocenters. The minimum Gasteiger partial charge on any atom is -0.481 e. The fourth-order valence-electron chi connectivity index (χ4n) is 2.19. The van der Waals surface area contributed by atoms with Crippen LogP contribution in [0.25, 0.3) is 0 Å². The molecule has 0 aliphatic carbocycles. The molecule has 2 N–H and O–H groups in total. The van der Waals surface area contributed by atoms with E-state index in [-0.39, 0.29) is 6.42 Å². The van der Waals surface area contributed by atoms with Crippen LogP contribution in [-0.2, 0) is 4.79 Å². The summed E-state index contributed by atoms with van der Waals surface area (Å²) in [6, 6.07) is 0. The number of aliphatic carboxylic acids is 1. The van der Waals surface area contributed by atoms with Crippen LogP contribution in [0.5, 0.6) is 0 Å². The molecule has 0 amide bonds. The largest absolute Gasteiger partial charge is 0.481 e. The lowest BCUT2D eigenvalue weighted by atomic mass is 10.1. The van der Waals surface area contributed by atoms with Crippen molar-refractivity contribution in [2.75, 3.05) is 0 Å². The zero-order valence-electron chi connectivity index (χ0n) is 13.5. The second-order valence-corrected chi connectivity index (χ2v) is 5.65. The fraction of sp³-hybridized carbons (Fsp3) is 0.778. The van der Waals surface area contributed by atoms with E-state index in [1.54, 1.807) is 12.2 Å². The van der Waals surface area contributed by atoms with Crippen molar-refractivity contribution in [2.45, 2.75) is 90.1 Å². The number of rotatable bonds is 14. The van der Waals surface area contributed by atoms with Crippen LogP contribution in [0.15, 0.2) is 17.9 Å². The third-order valence-corrected chi connectivity index (χ3v) is 3.50. The number of aliphatic hydroxyl groups is 1. The first-order chi connectivity index (χ1) is 10.2. The van der Waals surface area contributed by atoms with E-state index in [4.69, 9.17) is 5.11 Å². The summed E-state index contributed by atoms with van der Waals surface area (Å²) in [4.78, 5) is 10.3. The van der Waals surface area contributed by atoms with Gasteiger partial charge in [0.25, 0.3) is 0 Å². The number of carboxylic acid groups (broad SMARTS) is 1. The van der Waals surface area contributed by atoms with Crippen molar-refractivity contribution >= 4 is 5.97 Å². The summed E-state index contributed by atoms with van der Waals surface area (Å²) >= 11 is 0. The van der Waals surface area contributed by atoms with Crippen molar-refractivity contribution in [3.63, 3.8) is 0 Å². The maximum absolute atomic E-state index is 10.3. The smallest absolute Gasteiger partial charge is 0.303 e. The zero-order valence-corrected chi connectivity index (χ0v) is 13.5. The standard InChI is InChI=1S/C18H32O3/c1-2-3-4-5-6-7-8-11-14-17(19)15-12-9-10-13-16-18(20)21/h9,15,17,19H,2-8,10-11,13-14,16H2,1H3,(H,20,21). The molecule has 1 unspecified atom stereocenters. The predicted octanol–water partition coefficient (Wildman–Crippen LogP) is 4.84. The van der Waals surface area contributed by atoms with Gasteiger partial charge in [-0.25, -0.2) is 0 Å². The molecule has 0 saturated carbocycles. The minimum atomic E-state index is -0.762. The van der Waals surface area contributed by atoms with E-state index in [1.807, 2.05) is 0 Å². The van der Waals surface area contributed by atoms with E-state index in [1.165, 1.54) is 44.9 Å². The molecule has 0 aliphatic heterocycles. The maximum Gasteiger partial charge on any atom is 0.303 e. The SMILES string of the molecule is CCCCCCCCCCC(O)C=C=CCCCC(=O)O. The van der Waals surface area contributed by atoms with Gasteiger partial charge in [-0.05, 0) is 31.4 Å². The highest BCUT2D eigenvalue weighted by Gasteiger charge is 1.98. The Morgan fingerprint density at radius 2 is 1.67 bits per heavy atom. The Morgan fingerprint density at radius 3 is 2.29 bits per heavy atom. The summed E-state index contributed by atoms with van der Waals surface area (Å²) in [6.45, 7) is 2.23. The van der Waals surface area contributed by atoms with Gasteiger partial charge in [0.15, 0.2) is 0 Å². The van der Waals surface area contributed by atoms with Crippen molar-refractivity contribution in [2.24, 2.45) is 0 Å². The molecule has 3 nitrogen and oxygen atoms in total. The molecule has 0 radical (unpaired) electrons. The third kappa shape index (κ3) is 16.9. The van der Waals surface area contributed by atoms with Crippen molar-refractivity contribution in [3.05, 3.63) is 17.9 Å². The van der Waals surface area contributed by atoms with Gasteiger partial charge in [0.2, 0.25) is 0 Å². The first-order valence-corrected chi connectivity index (χ1v) is 8.47. The summed E-state index contributed by atoms with van der Waals surface area (Å²) < 4.78 is 0. The molecule has 0 aliphatic rings. The van der Waals surface area contributed by atoms with E-state index < -0.39 is 12.1 Å². The van der Waals surface area contributed by atoms with Gasteiger partial charge in [0.05, 0.1) is 6.10 Å². The highest BCUT2D eigenvalue weighted by molar-refractivity contribution is 5.66. The lowest BCUT2D eigenvalue weighted by Crippen LogP contribution is -2.00. The Kier molecular flexibility index (Phi) is 14.6. The Morgan fingerprint density at radius 1 is 1.05 bits per heavy atom. The number of carbonyl (C=O) groups is 1. The van der Waals surface area contributed by atoms with Crippen LogP contribution in [0.3, 0.4) is 0 Å². The molecule has 0 spiro atoms. The number of hydrogen-bond acceptors (Lipinski definition) is 2. The van der Waals surface area contributed by atoms with Crippen molar-refractivity contribution in [3.8, 4) is 0 Å². The normalized spacial score (nSPS) is 11.7. The molecule has 0 aromatic carbocycles. The number of aliphatic hydroxyl groups excluding tert-OH is 1. The van der Waals surface area contributed by atoms with Crippen LogP contribution < -0.4 is 0 Å². The first kappa shape index (κ1) is 19.9. The molecule has 3 heteroatoms. The molecular formula is C18H32O3. The van der Waals surface area contributed by atoms with Gasteiger partial charge < -0.3 is 10.2 Å². The van der Waals surface area contributed by atoms with Gasteiger partial charge in [-0.3, -0.25) is 4.79 Å². The Balaban J connectivity index is 3.42. The lowest BCUT2D eigenvalue weighted by Gasteiger charge is -2.04. The highest BCUT2D eigenvalue weighted by atomic mass is 16.4. The molecule has 0 bridgehead atoms. The summed E-state index contributed by atoms with van der Waals surface area (Å²) in [7, 11) is 0. The van der Waals surface area contributed by atoms with Gasteiger partial charge in [-0.2, -0.15) is 0 Å². The third-order valence-electron chi connectivity index (χ3n) is 3.50. The van der Waals surface area contributed by atoms with E-state index in [2.05, 4.69) is 12.7 Å². The van der Waals surface area contributed by atoms with Crippen molar-refractivity contribution in [1.29, 1.82) is 0 Å². The predicted molar refractivity (Wildman–Crippen MR) is 87.4 cm³/mol. The van der Waals surface area contributed by atoms with Gasteiger partial charge in [-0.15, -0.1) is 5.73 Å². The van der Waals surface area contributed by atoms with Crippen LogP contribution >= 0.6 is 0 Å². The number of hydrogen-bond donors (Lipinski definition) is 2. The monoisotopic (exact) mass is 296 g/mol. The second kappa shape index (κ2) is 15.3. The van der Waals surface area contributed by atoms with Gasteiger partial charge >= 0.3 is 5.97 Å². The summed E-state index contributed by atoms with van der Waals surface area (Å²) in [6.07, 6.45) is 15.6. The van der Waals surface area contributed by atoms with Gasteiger partial charge in [-0.1, -0.05) is 58.3 Å². The maximum atomic E-state index is 10.3. The van der Waals surface area contributed by atoms with Gasteiger partial charge in [0, 0.05) is 6.42 Å². The minimum absolute atomic E-state index is 0.193. The molecule has 21 heavy (non-hydrogen) atoms.